The molecule has 3 nitrogen and oxygen atoms in total. The van der Waals surface area contributed by atoms with Crippen LogP contribution in [0.4, 0.5) is 8.78 Å². The van der Waals surface area contributed by atoms with Gasteiger partial charge in [0.25, 0.3) is 0 Å². The summed E-state index contributed by atoms with van der Waals surface area (Å²) in [5.41, 5.74) is 0.749. The summed E-state index contributed by atoms with van der Waals surface area (Å²) in [4.78, 5) is 10.5. The van der Waals surface area contributed by atoms with Crippen LogP contribution in [0.3, 0.4) is 0 Å². The number of rotatable bonds is 9. The standard InChI is InChI=1S/C16H26F2O3Si/c1-12(2)20-22(19,21-13(3)4)10-6-5-7-14-8-9-15(17)16(18)11-14/h8-9,11-13,19H,5-7,10H2,1-4H3. The maximum Gasteiger partial charge on any atom is 0.498 e. The highest BCUT2D eigenvalue weighted by atomic mass is 28.4. The minimum atomic E-state index is -3.17. The van der Waals surface area contributed by atoms with Crippen LogP contribution in [0.5, 0.6) is 0 Å². The van der Waals surface area contributed by atoms with Crippen molar-refractivity contribution in [1.82, 2.24) is 0 Å². The monoisotopic (exact) mass is 332 g/mol. The van der Waals surface area contributed by atoms with Crippen molar-refractivity contribution in [3.8, 4) is 0 Å². The summed E-state index contributed by atoms with van der Waals surface area (Å²) < 4.78 is 37.2. The van der Waals surface area contributed by atoms with E-state index in [2.05, 4.69) is 0 Å². The Morgan fingerprint density at radius 3 is 2.09 bits per heavy atom. The highest BCUT2D eigenvalue weighted by Crippen LogP contribution is 2.20. The van der Waals surface area contributed by atoms with Crippen LogP contribution in [0, 0.1) is 11.6 Å². The first-order valence-corrected chi connectivity index (χ1v) is 9.71. The van der Waals surface area contributed by atoms with Crippen molar-refractivity contribution in [2.75, 3.05) is 0 Å². The largest absolute Gasteiger partial charge is 0.498 e. The molecule has 0 unspecified atom stereocenters. The summed E-state index contributed by atoms with van der Waals surface area (Å²) in [6, 6.07) is 4.40. The molecule has 0 spiro atoms. The van der Waals surface area contributed by atoms with E-state index in [1.165, 1.54) is 6.07 Å². The first-order valence-electron chi connectivity index (χ1n) is 7.74. The van der Waals surface area contributed by atoms with Crippen LogP contribution in [-0.2, 0) is 15.3 Å². The van der Waals surface area contributed by atoms with Gasteiger partial charge in [-0.05, 0) is 64.7 Å². The van der Waals surface area contributed by atoms with Gasteiger partial charge in [0.2, 0.25) is 0 Å². The van der Waals surface area contributed by atoms with E-state index in [-0.39, 0.29) is 12.2 Å². The van der Waals surface area contributed by atoms with Gasteiger partial charge < -0.3 is 13.6 Å². The third-order valence-electron chi connectivity index (χ3n) is 3.03. The van der Waals surface area contributed by atoms with E-state index < -0.39 is 20.4 Å². The molecule has 0 radical (unpaired) electrons. The lowest BCUT2D eigenvalue weighted by molar-refractivity contribution is 0.0472. The van der Waals surface area contributed by atoms with Crippen LogP contribution >= 0.6 is 0 Å². The zero-order valence-corrected chi connectivity index (χ0v) is 14.7. The average molecular weight is 332 g/mol. The number of hydrogen-bond acceptors (Lipinski definition) is 3. The fraction of sp³-hybridized carbons (Fsp3) is 0.625. The quantitative estimate of drug-likeness (QED) is 0.547. The number of unbranched alkanes of at least 4 members (excludes halogenated alkanes) is 1. The molecular formula is C16H26F2O3Si. The Morgan fingerprint density at radius 1 is 1.00 bits per heavy atom. The lowest BCUT2D eigenvalue weighted by Crippen LogP contribution is -2.46. The summed E-state index contributed by atoms with van der Waals surface area (Å²) in [5.74, 6) is -1.66. The van der Waals surface area contributed by atoms with Gasteiger partial charge in [-0.2, -0.15) is 0 Å². The first-order chi connectivity index (χ1) is 10.2. The molecule has 0 atom stereocenters. The predicted octanol–water partition coefficient (Wildman–Crippen LogP) is 4.07. The second kappa shape index (κ2) is 8.72. The third-order valence-corrected chi connectivity index (χ3v) is 5.70. The first kappa shape index (κ1) is 19.2. The van der Waals surface area contributed by atoms with Crippen molar-refractivity contribution in [2.24, 2.45) is 0 Å². The number of hydrogen-bond donors (Lipinski definition) is 1. The minimum Gasteiger partial charge on any atom is -0.390 e. The van der Waals surface area contributed by atoms with Gasteiger partial charge in [-0.1, -0.05) is 6.07 Å². The van der Waals surface area contributed by atoms with Crippen molar-refractivity contribution in [2.45, 2.75) is 65.2 Å². The van der Waals surface area contributed by atoms with Crippen LogP contribution in [0.1, 0.15) is 46.1 Å². The molecule has 0 saturated carbocycles. The van der Waals surface area contributed by atoms with E-state index in [0.717, 1.165) is 18.1 Å². The molecule has 0 saturated heterocycles. The van der Waals surface area contributed by atoms with Crippen LogP contribution in [0.15, 0.2) is 18.2 Å². The van der Waals surface area contributed by atoms with E-state index in [0.29, 0.717) is 18.9 Å². The van der Waals surface area contributed by atoms with Crippen molar-refractivity contribution in [3.05, 3.63) is 35.4 Å². The lowest BCUT2D eigenvalue weighted by Gasteiger charge is -2.28. The second-order valence-electron chi connectivity index (χ2n) is 6.00. The molecule has 1 rings (SSSR count). The molecule has 0 aromatic heterocycles. The summed E-state index contributed by atoms with van der Waals surface area (Å²) in [5, 5.41) is 0. The van der Waals surface area contributed by atoms with Crippen LogP contribution in [-0.4, -0.2) is 25.8 Å². The maximum atomic E-state index is 13.1. The van der Waals surface area contributed by atoms with Crippen molar-refractivity contribution in [1.29, 1.82) is 0 Å². The van der Waals surface area contributed by atoms with Gasteiger partial charge in [-0.3, -0.25) is 0 Å². The molecule has 0 aliphatic rings. The van der Waals surface area contributed by atoms with Gasteiger partial charge >= 0.3 is 8.80 Å². The minimum absolute atomic E-state index is 0.0957. The molecule has 0 amide bonds. The average Bonchev–Trinajstić information content (AvgIpc) is 2.37. The SMILES string of the molecule is CC(C)O[Si](O)(CCCCc1ccc(F)c(F)c1)OC(C)C. The van der Waals surface area contributed by atoms with E-state index in [9.17, 15) is 13.6 Å². The Hall–Kier alpha value is -0.823. The van der Waals surface area contributed by atoms with Crippen LogP contribution < -0.4 is 0 Å². The summed E-state index contributed by atoms with van der Waals surface area (Å²) in [6.45, 7) is 7.46. The number of halogens is 2. The molecule has 22 heavy (non-hydrogen) atoms. The molecule has 0 bridgehead atoms. The summed E-state index contributed by atoms with van der Waals surface area (Å²) in [6.07, 6.45) is 1.90. The molecule has 6 heteroatoms. The normalized spacial score (nSPS) is 12.4. The van der Waals surface area contributed by atoms with Crippen LogP contribution in [0.2, 0.25) is 6.04 Å². The Balaban J connectivity index is 2.46. The molecule has 126 valence electrons. The molecular weight excluding hydrogens is 306 g/mol. The molecule has 1 N–H and O–H groups in total. The lowest BCUT2D eigenvalue weighted by atomic mass is 10.1. The Bertz CT molecular complexity index is 457. The summed E-state index contributed by atoms with van der Waals surface area (Å²) in [7, 11) is -3.17. The zero-order valence-electron chi connectivity index (χ0n) is 13.7. The molecule has 0 fully saturated rings. The molecule has 0 aliphatic heterocycles. The predicted molar refractivity (Wildman–Crippen MR) is 84.5 cm³/mol. The zero-order chi connectivity index (χ0) is 16.8. The van der Waals surface area contributed by atoms with Crippen molar-refractivity contribution >= 4 is 8.80 Å². The van der Waals surface area contributed by atoms with Gasteiger partial charge in [0.05, 0.1) is 0 Å². The Morgan fingerprint density at radius 2 is 1.59 bits per heavy atom. The number of benzene rings is 1. The number of aryl methyl sites for hydroxylation is 1. The van der Waals surface area contributed by atoms with E-state index in [1.807, 2.05) is 27.7 Å². The van der Waals surface area contributed by atoms with Gasteiger partial charge in [0.1, 0.15) is 0 Å². The second-order valence-corrected chi connectivity index (χ2v) is 8.40. The van der Waals surface area contributed by atoms with Crippen LogP contribution in [0.25, 0.3) is 0 Å². The van der Waals surface area contributed by atoms with Gasteiger partial charge in [0.15, 0.2) is 11.6 Å². The van der Waals surface area contributed by atoms with E-state index >= 15 is 0 Å². The highest BCUT2D eigenvalue weighted by molar-refractivity contribution is 6.59. The Labute approximate surface area is 132 Å². The smallest absolute Gasteiger partial charge is 0.390 e. The van der Waals surface area contributed by atoms with Crippen molar-refractivity contribution in [3.63, 3.8) is 0 Å². The maximum absolute atomic E-state index is 13.1. The molecule has 0 heterocycles. The van der Waals surface area contributed by atoms with E-state index in [4.69, 9.17) is 8.85 Å². The fourth-order valence-corrected chi connectivity index (χ4v) is 4.72. The molecule has 1 aromatic rings. The summed E-state index contributed by atoms with van der Waals surface area (Å²) >= 11 is 0. The molecule has 1 aromatic carbocycles. The highest BCUT2D eigenvalue weighted by Gasteiger charge is 2.38. The topological polar surface area (TPSA) is 38.7 Å². The molecule has 0 aliphatic carbocycles. The van der Waals surface area contributed by atoms with Crippen molar-refractivity contribution < 1.29 is 22.4 Å². The van der Waals surface area contributed by atoms with Gasteiger partial charge in [0, 0.05) is 18.3 Å². The third kappa shape index (κ3) is 6.96. The fourth-order valence-electron chi connectivity index (χ4n) is 2.25. The van der Waals surface area contributed by atoms with Gasteiger partial charge in [-0.15, -0.1) is 0 Å². The Kier molecular flexibility index (Phi) is 7.62. The van der Waals surface area contributed by atoms with E-state index in [1.54, 1.807) is 6.07 Å². The van der Waals surface area contributed by atoms with Gasteiger partial charge in [-0.25, -0.2) is 8.78 Å².